The summed E-state index contributed by atoms with van der Waals surface area (Å²) < 4.78 is 40.3. The van der Waals surface area contributed by atoms with Gasteiger partial charge in [-0.25, -0.2) is 13.2 Å². The molecule has 0 amide bonds. The van der Waals surface area contributed by atoms with Crippen LogP contribution in [0.1, 0.15) is 18.4 Å². The van der Waals surface area contributed by atoms with Crippen LogP contribution in [0.2, 0.25) is 5.02 Å². The number of alkyl halides is 2. The Morgan fingerprint density at radius 2 is 1.89 bits per heavy atom. The van der Waals surface area contributed by atoms with Gasteiger partial charge in [0.05, 0.1) is 5.02 Å². The highest BCUT2D eigenvalue weighted by molar-refractivity contribution is 9.10. The van der Waals surface area contributed by atoms with Crippen LogP contribution in [0.5, 0.6) is 0 Å². The molecule has 0 aromatic heterocycles. The molecule has 100 valence electrons. The zero-order chi connectivity index (χ0) is 13.3. The van der Waals surface area contributed by atoms with Crippen LogP contribution in [0.15, 0.2) is 16.6 Å². The van der Waals surface area contributed by atoms with Crippen molar-refractivity contribution in [2.24, 2.45) is 0 Å². The molecule has 1 aliphatic rings. The van der Waals surface area contributed by atoms with Crippen LogP contribution in [-0.4, -0.2) is 23.9 Å². The van der Waals surface area contributed by atoms with Gasteiger partial charge in [0, 0.05) is 42.5 Å². The first-order valence-corrected chi connectivity index (χ1v) is 6.79. The monoisotopic (exact) mass is 341 g/mol. The van der Waals surface area contributed by atoms with E-state index in [9.17, 15) is 13.2 Å². The van der Waals surface area contributed by atoms with E-state index in [-0.39, 0.29) is 31.0 Å². The van der Waals surface area contributed by atoms with Gasteiger partial charge in [0.25, 0.3) is 5.92 Å². The molecule has 0 aliphatic carbocycles. The average molecular weight is 343 g/mol. The fourth-order valence-electron chi connectivity index (χ4n) is 1.97. The highest BCUT2D eigenvalue weighted by Gasteiger charge is 2.34. The number of rotatable bonds is 2. The van der Waals surface area contributed by atoms with E-state index in [0.717, 1.165) is 0 Å². The number of halogens is 5. The van der Waals surface area contributed by atoms with Crippen LogP contribution in [0.25, 0.3) is 0 Å². The summed E-state index contributed by atoms with van der Waals surface area (Å²) in [4.78, 5) is 1.82. The maximum Gasteiger partial charge on any atom is 0.250 e. The lowest BCUT2D eigenvalue weighted by Gasteiger charge is -2.31. The second-order valence-electron chi connectivity index (χ2n) is 4.47. The van der Waals surface area contributed by atoms with Gasteiger partial charge in [0.15, 0.2) is 0 Å². The molecule has 0 saturated carbocycles. The van der Waals surface area contributed by atoms with Crippen LogP contribution in [0.3, 0.4) is 0 Å². The van der Waals surface area contributed by atoms with Gasteiger partial charge in [0.2, 0.25) is 0 Å². The van der Waals surface area contributed by atoms with E-state index in [1.54, 1.807) is 12.1 Å². The Morgan fingerprint density at radius 3 is 2.50 bits per heavy atom. The van der Waals surface area contributed by atoms with Crippen molar-refractivity contribution in [3.8, 4) is 0 Å². The fourth-order valence-corrected chi connectivity index (χ4v) is 2.46. The molecule has 0 bridgehead atoms. The second-order valence-corrected chi connectivity index (χ2v) is 5.70. The molecule has 2 rings (SSSR count). The largest absolute Gasteiger partial charge is 0.299 e. The van der Waals surface area contributed by atoms with E-state index in [1.807, 2.05) is 4.90 Å². The lowest BCUT2D eigenvalue weighted by molar-refractivity contribution is -0.0567. The van der Waals surface area contributed by atoms with E-state index in [1.165, 1.54) is 0 Å². The molecule has 1 aliphatic heterocycles. The number of nitrogens with zero attached hydrogens (tertiary/aromatic N) is 1. The molecule has 0 spiro atoms. The van der Waals surface area contributed by atoms with Crippen molar-refractivity contribution in [3.63, 3.8) is 0 Å². The molecule has 6 heteroatoms. The first kappa shape index (κ1) is 14.2. The molecular formula is C12H12BrClF3N. The van der Waals surface area contributed by atoms with Gasteiger partial charge in [-0.1, -0.05) is 17.7 Å². The topological polar surface area (TPSA) is 3.24 Å². The highest BCUT2D eigenvalue weighted by Crippen LogP contribution is 2.31. The fraction of sp³-hybridized carbons (Fsp3) is 0.500. The summed E-state index contributed by atoms with van der Waals surface area (Å²) in [7, 11) is 0. The van der Waals surface area contributed by atoms with E-state index in [2.05, 4.69) is 15.9 Å². The maximum absolute atomic E-state index is 13.8. The zero-order valence-corrected chi connectivity index (χ0v) is 11.9. The van der Waals surface area contributed by atoms with Crippen molar-refractivity contribution in [2.75, 3.05) is 13.1 Å². The third-order valence-corrected chi connectivity index (χ3v) is 4.36. The van der Waals surface area contributed by atoms with Gasteiger partial charge in [0.1, 0.15) is 5.82 Å². The molecule has 1 aromatic carbocycles. The Kier molecular flexibility index (Phi) is 4.24. The van der Waals surface area contributed by atoms with Gasteiger partial charge in [-0.3, -0.25) is 4.90 Å². The summed E-state index contributed by atoms with van der Waals surface area (Å²) in [6.07, 6.45) is -0.336. The molecule has 1 nitrogen and oxygen atoms in total. The smallest absolute Gasteiger partial charge is 0.250 e. The molecule has 18 heavy (non-hydrogen) atoms. The molecule has 1 aromatic rings. The van der Waals surface area contributed by atoms with Crippen molar-refractivity contribution in [3.05, 3.63) is 33.0 Å². The molecule has 0 atom stereocenters. The summed E-state index contributed by atoms with van der Waals surface area (Å²) in [6, 6.07) is 3.29. The third-order valence-electron chi connectivity index (χ3n) is 3.10. The summed E-state index contributed by atoms with van der Waals surface area (Å²) in [5.74, 6) is -3.06. The minimum atomic E-state index is -2.58. The first-order chi connectivity index (χ1) is 8.39. The van der Waals surface area contributed by atoms with Crippen molar-refractivity contribution >= 4 is 27.5 Å². The second kappa shape index (κ2) is 5.39. The predicted octanol–water partition coefficient (Wildman–Crippen LogP) is 4.47. The molecule has 0 N–H and O–H groups in total. The standard InChI is InChI=1S/C12H12BrClF3N/c13-9-2-1-8(11(15)10(9)14)7-18-5-3-12(16,17)4-6-18/h1-2H,3-7H2. The Balaban J connectivity index is 2.05. The van der Waals surface area contributed by atoms with Gasteiger partial charge in [-0.2, -0.15) is 0 Å². The third kappa shape index (κ3) is 3.19. The Labute approximate surface area is 117 Å². The van der Waals surface area contributed by atoms with Crippen molar-refractivity contribution in [1.29, 1.82) is 0 Å². The van der Waals surface area contributed by atoms with E-state index >= 15 is 0 Å². The summed E-state index contributed by atoms with van der Waals surface area (Å²) in [5.41, 5.74) is 0.438. The summed E-state index contributed by atoms with van der Waals surface area (Å²) in [5, 5.41) is 0.0369. The number of piperidine rings is 1. The van der Waals surface area contributed by atoms with E-state index in [0.29, 0.717) is 16.6 Å². The Hall–Kier alpha value is -0.260. The average Bonchev–Trinajstić information content (AvgIpc) is 2.32. The number of hydrogen-bond donors (Lipinski definition) is 0. The predicted molar refractivity (Wildman–Crippen MR) is 68.6 cm³/mol. The zero-order valence-electron chi connectivity index (χ0n) is 9.53. The van der Waals surface area contributed by atoms with Gasteiger partial charge < -0.3 is 0 Å². The van der Waals surface area contributed by atoms with Crippen molar-refractivity contribution in [2.45, 2.75) is 25.3 Å². The van der Waals surface area contributed by atoms with Gasteiger partial charge >= 0.3 is 0 Å². The van der Waals surface area contributed by atoms with Crippen LogP contribution in [-0.2, 0) is 6.54 Å². The van der Waals surface area contributed by atoms with Crippen molar-refractivity contribution < 1.29 is 13.2 Å². The van der Waals surface area contributed by atoms with Crippen LogP contribution in [0.4, 0.5) is 13.2 Å². The molecule has 1 heterocycles. The van der Waals surface area contributed by atoms with Crippen LogP contribution >= 0.6 is 27.5 Å². The van der Waals surface area contributed by atoms with Crippen LogP contribution in [0, 0.1) is 5.82 Å². The maximum atomic E-state index is 13.8. The van der Waals surface area contributed by atoms with Crippen LogP contribution < -0.4 is 0 Å². The minimum Gasteiger partial charge on any atom is -0.299 e. The minimum absolute atomic E-state index is 0.0369. The Bertz CT molecular complexity index is 443. The first-order valence-electron chi connectivity index (χ1n) is 5.61. The number of likely N-dealkylation sites (tertiary alicyclic amines) is 1. The number of benzene rings is 1. The van der Waals surface area contributed by atoms with Crippen molar-refractivity contribution in [1.82, 2.24) is 4.90 Å². The number of hydrogen-bond acceptors (Lipinski definition) is 1. The SMILES string of the molecule is Fc1c(CN2CCC(F)(F)CC2)ccc(Br)c1Cl. The summed E-state index contributed by atoms with van der Waals surface area (Å²) in [6.45, 7) is 0.870. The quantitative estimate of drug-likeness (QED) is 0.717. The molecule has 1 fully saturated rings. The molecule has 0 unspecified atom stereocenters. The van der Waals surface area contributed by atoms with E-state index < -0.39 is 11.7 Å². The molecule has 0 radical (unpaired) electrons. The van der Waals surface area contributed by atoms with Gasteiger partial charge in [-0.05, 0) is 22.0 Å². The van der Waals surface area contributed by atoms with E-state index in [4.69, 9.17) is 11.6 Å². The lowest BCUT2D eigenvalue weighted by Crippen LogP contribution is -2.39. The summed E-state index contributed by atoms with van der Waals surface area (Å²) >= 11 is 8.92. The Morgan fingerprint density at radius 1 is 1.28 bits per heavy atom. The lowest BCUT2D eigenvalue weighted by atomic mass is 10.1. The molecular weight excluding hydrogens is 330 g/mol. The normalized spacial score (nSPS) is 20.1. The highest BCUT2D eigenvalue weighted by atomic mass is 79.9. The molecule has 1 saturated heterocycles. The van der Waals surface area contributed by atoms with Gasteiger partial charge in [-0.15, -0.1) is 0 Å².